The second-order valence-corrected chi connectivity index (χ2v) is 6.92. The van der Waals surface area contributed by atoms with Crippen molar-refractivity contribution in [1.29, 1.82) is 0 Å². The summed E-state index contributed by atoms with van der Waals surface area (Å²) in [6, 6.07) is 7.77. The van der Waals surface area contributed by atoms with Crippen LogP contribution in [0.5, 0.6) is 5.75 Å². The molecule has 0 radical (unpaired) electrons. The highest BCUT2D eigenvalue weighted by atomic mass is 16.5. The van der Waals surface area contributed by atoms with Crippen molar-refractivity contribution in [3.63, 3.8) is 0 Å². The van der Waals surface area contributed by atoms with Gasteiger partial charge in [0.25, 0.3) is 0 Å². The van der Waals surface area contributed by atoms with Gasteiger partial charge in [0.2, 0.25) is 5.91 Å². The lowest BCUT2D eigenvalue weighted by molar-refractivity contribution is -0.124. The molecule has 1 amide bonds. The van der Waals surface area contributed by atoms with Crippen LogP contribution in [0.3, 0.4) is 0 Å². The number of hydrogen-bond donors (Lipinski definition) is 2. The second kappa shape index (κ2) is 9.04. The number of carbonyl (C=O) groups excluding carboxylic acids is 1. The van der Waals surface area contributed by atoms with Crippen LogP contribution >= 0.6 is 0 Å². The summed E-state index contributed by atoms with van der Waals surface area (Å²) in [7, 11) is 1.64. The molecular weight excluding hydrogens is 304 g/mol. The number of nitrogens with one attached hydrogen (secondary N) is 1. The molecule has 0 aliphatic carbocycles. The summed E-state index contributed by atoms with van der Waals surface area (Å²) in [5.41, 5.74) is 1.06. The predicted octanol–water partition coefficient (Wildman–Crippen LogP) is 2.36. The Bertz CT molecular complexity index is 510. The molecule has 1 aromatic carbocycles. The van der Waals surface area contributed by atoms with Crippen LogP contribution < -0.4 is 10.1 Å². The van der Waals surface area contributed by atoms with E-state index in [4.69, 9.17) is 4.74 Å². The van der Waals surface area contributed by atoms with Crippen molar-refractivity contribution in [2.75, 3.05) is 26.7 Å². The minimum atomic E-state index is -0.603. The molecule has 1 heterocycles. The van der Waals surface area contributed by atoms with Gasteiger partial charge in [0.1, 0.15) is 5.75 Å². The van der Waals surface area contributed by atoms with E-state index in [9.17, 15) is 9.90 Å². The molecule has 2 rings (SSSR count). The second-order valence-electron chi connectivity index (χ2n) is 6.92. The van der Waals surface area contributed by atoms with E-state index in [0.717, 1.165) is 30.9 Å². The van der Waals surface area contributed by atoms with Crippen LogP contribution in [0.25, 0.3) is 0 Å². The summed E-state index contributed by atoms with van der Waals surface area (Å²) in [6.07, 6.45) is 1.97. The summed E-state index contributed by atoms with van der Waals surface area (Å²) < 4.78 is 5.21. The fraction of sp³-hybridized carbons (Fsp3) is 0.632. The highest BCUT2D eigenvalue weighted by molar-refractivity contribution is 5.77. The third kappa shape index (κ3) is 5.49. The molecule has 0 aromatic heterocycles. The largest absolute Gasteiger partial charge is 0.497 e. The fourth-order valence-corrected chi connectivity index (χ4v) is 2.97. The van der Waals surface area contributed by atoms with Gasteiger partial charge in [-0.1, -0.05) is 26.0 Å². The number of nitrogens with zero attached hydrogens (tertiary/aromatic N) is 1. The number of ether oxygens (including phenoxy) is 1. The smallest absolute Gasteiger partial charge is 0.223 e. The molecule has 5 heteroatoms. The van der Waals surface area contributed by atoms with Crippen molar-refractivity contribution in [3.05, 3.63) is 29.8 Å². The van der Waals surface area contributed by atoms with E-state index >= 15 is 0 Å². The van der Waals surface area contributed by atoms with Gasteiger partial charge in [-0.2, -0.15) is 0 Å². The molecule has 1 saturated heterocycles. The first-order chi connectivity index (χ1) is 11.5. The molecule has 134 valence electrons. The van der Waals surface area contributed by atoms with Gasteiger partial charge in [-0.3, -0.25) is 4.79 Å². The molecule has 1 aliphatic rings. The quantitative estimate of drug-likeness (QED) is 0.766. The Morgan fingerprint density at radius 3 is 2.42 bits per heavy atom. The van der Waals surface area contributed by atoms with E-state index in [1.165, 1.54) is 12.8 Å². The Balaban J connectivity index is 2.04. The van der Waals surface area contributed by atoms with Crippen LogP contribution in [0.15, 0.2) is 24.3 Å². The molecule has 24 heavy (non-hydrogen) atoms. The number of benzene rings is 1. The van der Waals surface area contributed by atoms with Crippen molar-refractivity contribution in [2.24, 2.45) is 5.92 Å². The van der Waals surface area contributed by atoms with E-state index in [-0.39, 0.29) is 24.3 Å². The maximum absolute atomic E-state index is 12.3. The maximum atomic E-state index is 12.3. The number of likely N-dealkylation sites (tertiary alicyclic amines) is 1. The maximum Gasteiger partial charge on any atom is 0.223 e. The first-order valence-electron chi connectivity index (χ1n) is 8.83. The molecule has 0 saturated carbocycles. The van der Waals surface area contributed by atoms with E-state index in [2.05, 4.69) is 10.2 Å². The molecule has 0 bridgehead atoms. The Morgan fingerprint density at radius 2 is 1.88 bits per heavy atom. The van der Waals surface area contributed by atoms with Gasteiger partial charge < -0.3 is 20.1 Å². The number of hydrogen-bond acceptors (Lipinski definition) is 4. The third-order valence-electron chi connectivity index (χ3n) is 4.66. The van der Waals surface area contributed by atoms with Crippen molar-refractivity contribution in [1.82, 2.24) is 10.2 Å². The first-order valence-corrected chi connectivity index (χ1v) is 8.83. The number of amides is 1. The van der Waals surface area contributed by atoms with Gasteiger partial charge in [-0.25, -0.2) is 0 Å². The molecular formula is C19H30N2O3. The topological polar surface area (TPSA) is 61.8 Å². The van der Waals surface area contributed by atoms with Crippen molar-refractivity contribution < 1.29 is 14.6 Å². The highest BCUT2D eigenvalue weighted by Gasteiger charge is 2.22. The molecule has 2 atom stereocenters. The number of carbonyl (C=O) groups is 1. The number of rotatable bonds is 8. The average Bonchev–Trinajstić information content (AvgIpc) is 3.07. The van der Waals surface area contributed by atoms with Gasteiger partial charge in [-0.15, -0.1) is 0 Å². The average molecular weight is 334 g/mol. The van der Waals surface area contributed by atoms with E-state index in [1.807, 2.05) is 38.1 Å². The number of methoxy groups -OCH3 is 1. The Morgan fingerprint density at radius 1 is 1.25 bits per heavy atom. The standard InChI is InChI=1S/C19H30N2O3/c1-14(2)18(22)12-19(23)20-17(13-21-10-4-5-11-21)15-6-8-16(24-3)9-7-15/h6-9,14,17-18,22H,4-5,10-13H2,1-3H3,(H,20,23). The Hall–Kier alpha value is -1.59. The van der Waals surface area contributed by atoms with Crippen LogP contribution in [0, 0.1) is 5.92 Å². The van der Waals surface area contributed by atoms with Crippen LogP contribution in [0.2, 0.25) is 0 Å². The van der Waals surface area contributed by atoms with Crippen LogP contribution in [-0.4, -0.2) is 48.8 Å². The van der Waals surface area contributed by atoms with E-state index in [0.29, 0.717) is 0 Å². The highest BCUT2D eigenvalue weighted by Crippen LogP contribution is 2.21. The van der Waals surface area contributed by atoms with E-state index < -0.39 is 6.10 Å². The van der Waals surface area contributed by atoms with E-state index in [1.54, 1.807) is 7.11 Å². The van der Waals surface area contributed by atoms with Gasteiger partial charge in [0, 0.05) is 6.54 Å². The van der Waals surface area contributed by atoms with Gasteiger partial charge in [0.15, 0.2) is 0 Å². The fourth-order valence-electron chi connectivity index (χ4n) is 2.97. The predicted molar refractivity (Wildman–Crippen MR) is 95.0 cm³/mol. The number of aliphatic hydroxyl groups is 1. The van der Waals surface area contributed by atoms with Crippen LogP contribution in [0.4, 0.5) is 0 Å². The van der Waals surface area contributed by atoms with Gasteiger partial charge in [-0.05, 0) is 49.5 Å². The zero-order valence-electron chi connectivity index (χ0n) is 15.0. The molecule has 2 N–H and O–H groups in total. The Kier molecular flexibility index (Phi) is 7.06. The summed E-state index contributed by atoms with van der Waals surface area (Å²) in [5.74, 6) is 0.783. The molecule has 5 nitrogen and oxygen atoms in total. The van der Waals surface area contributed by atoms with Crippen molar-refractivity contribution in [3.8, 4) is 5.75 Å². The summed E-state index contributed by atoms with van der Waals surface area (Å²) >= 11 is 0. The Labute approximate surface area is 145 Å². The summed E-state index contributed by atoms with van der Waals surface area (Å²) in [5, 5.41) is 13.0. The normalized spacial score (nSPS) is 17.7. The zero-order chi connectivity index (χ0) is 17.5. The molecule has 0 spiro atoms. The van der Waals surface area contributed by atoms with Gasteiger partial charge in [0.05, 0.1) is 25.7 Å². The molecule has 2 unspecified atom stereocenters. The molecule has 1 aromatic rings. The zero-order valence-corrected chi connectivity index (χ0v) is 15.0. The molecule has 1 aliphatic heterocycles. The lowest BCUT2D eigenvalue weighted by atomic mass is 10.0. The lowest BCUT2D eigenvalue weighted by Gasteiger charge is -2.26. The summed E-state index contributed by atoms with van der Waals surface area (Å²) in [6.45, 7) is 6.80. The van der Waals surface area contributed by atoms with Crippen molar-refractivity contribution >= 4 is 5.91 Å². The molecule has 1 fully saturated rings. The summed E-state index contributed by atoms with van der Waals surface area (Å²) in [4.78, 5) is 14.7. The van der Waals surface area contributed by atoms with Gasteiger partial charge >= 0.3 is 0 Å². The monoisotopic (exact) mass is 334 g/mol. The lowest BCUT2D eigenvalue weighted by Crippen LogP contribution is -2.38. The third-order valence-corrected chi connectivity index (χ3v) is 4.66. The first kappa shape index (κ1) is 18.7. The van der Waals surface area contributed by atoms with Crippen LogP contribution in [-0.2, 0) is 4.79 Å². The minimum Gasteiger partial charge on any atom is -0.497 e. The van der Waals surface area contributed by atoms with Crippen LogP contribution in [0.1, 0.15) is 44.7 Å². The minimum absolute atomic E-state index is 0.0686. The SMILES string of the molecule is COc1ccc(C(CN2CCCC2)NC(=O)CC(O)C(C)C)cc1. The number of aliphatic hydroxyl groups excluding tert-OH is 1. The van der Waals surface area contributed by atoms with Crippen molar-refractivity contribution in [2.45, 2.75) is 45.3 Å².